The second-order valence-electron chi connectivity index (χ2n) is 6.87. The van der Waals surface area contributed by atoms with Crippen molar-refractivity contribution in [2.75, 3.05) is 27.8 Å². The van der Waals surface area contributed by atoms with Crippen molar-refractivity contribution in [3.8, 4) is 0 Å². The first-order valence-corrected chi connectivity index (χ1v) is 5.42. The van der Waals surface area contributed by atoms with Crippen molar-refractivity contribution >= 4 is 0 Å². The van der Waals surface area contributed by atoms with Crippen LogP contribution in [0.25, 0.3) is 0 Å². The maximum Gasteiger partial charge on any atom is 0.135 e. The highest BCUT2D eigenvalue weighted by atomic mass is 15.5. The summed E-state index contributed by atoms with van der Waals surface area (Å²) < 4.78 is 1.01. The maximum absolute atomic E-state index is 2.41. The fourth-order valence-electron chi connectivity index (χ4n) is 0.955. The summed E-state index contributed by atoms with van der Waals surface area (Å²) in [4.78, 5) is 2.41. The number of hydrogen-bond acceptors (Lipinski definition) is 1. The molecule has 0 spiro atoms. The van der Waals surface area contributed by atoms with Gasteiger partial charge in [0.1, 0.15) is 6.67 Å². The molecule has 2 heteroatoms. The van der Waals surface area contributed by atoms with Crippen LogP contribution in [0.15, 0.2) is 0 Å². The summed E-state index contributed by atoms with van der Waals surface area (Å²) >= 11 is 0. The molecule has 0 aromatic rings. The Balaban J connectivity index is 4.53. The van der Waals surface area contributed by atoms with Gasteiger partial charge in [-0.05, 0) is 48.6 Å². The van der Waals surface area contributed by atoms with Crippen LogP contribution in [-0.2, 0) is 0 Å². The Labute approximate surface area is 90.5 Å². The normalized spacial score (nSPS) is 15.0. The fourth-order valence-corrected chi connectivity index (χ4v) is 0.955. The van der Waals surface area contributed by atoms with Crippen LogP contribution in [0, 0.1) is 0 Å². The van der Waals surface area contributed by atoms with Crippen molar-refractivity contribution in [3.63, 3.8) is 0 Å². The van der Waals surface area contributed by atoms with Gasteiger partial charge in [-0.1, -0.05) is 0 Å². The minimum atomic E-state index is 0.251. The molecule has 0 radical (unpaired) electrons. The fraction of sp³-hybridized carbons (Fsp3) is 1.00. The molecule has 0 aromatic heterocycles. The molecular weight excluding hydrogens is 172 g/mol. The molecule has 2 nitrogen and oxygen atoms in total. The summed E-state index contributed by atoms with van der Waals surface area (Å²) in [6.45, 7) is 14.7. The van der Waals surface area contributed by atoms with Gasteiger partial charge in [-0.15, -0.1) is 0 Å². The van der Waals surface area contributed by atoms with Crippen LogP contribution in [0.4, 0.5) is 0 Å². The zero-order chi connectivity index (χ0) is 11.8. The van der Waals surface area contributed by atoms with Crippen molar-refractivity contribution in [3.05, 3.63) is 0 Å². The molecule has 0 atom stereocenters. The third-order valence-electron chi connectivity index (χ3n) is 3.53. The molecule has 0 bridgehead atoms. The number of rotatable bonds is 2. The van der Waals surface area contributed by atoms with Gasteiger partial charge in [0.05, 0.1) is 19.6 Å². The van der Waals surface area contributed by atoms with E-state index in [4.69, 9.17) is 0 Å². The monoisotopic (exact) mass is 201 g/mol. The number of nitrogens with zero attached hydrogens (tertiary/aromatic N) is 2. The van der Waals surface area contributed by atoms with E-state index in [0.717, 1.165) is 11.2 Å². The molecule has 0 aromatic carbocycles. The highest BCUT2D eigenvalue weighted by Gasteiger charge is 2.34. The first kappa shape index (κ1) is 13.9. The van der Waals surface area contributed by atoms with Gasteiger partial charge < -0.3 is 4.48 Å². The Morgan fingerprint density at radius 3 is 1.50 bits per heavy atom. The summed E-state index contributed by atoms with van der Waals surface area (Å²) in [6.07, 6.45) is 0. The van der Waals surface area contributed by atoms with E-state index in [1.165, 1.54) is 0 Å². The minimum absolute atomic E-state index is 0.251. The minimum Gasteiger partial charge on any atom is -0.312 e. The summed E-state index contributed by atoms with van der Waals surface area (Å²) in [6, 6.07) is 0. The molecule has 0 aliphatic heterocycles. The van der Waals surface area contributed by atoms with E-state index in [-0.39, 0.29) is 5.54 Å². The molecule has 0 aliphatic carbocycles. The smallest absolute Gasteiger partial charge is 0.135 e. The van der Waals surface area contributed by atoms with E-state index in [1.54, 1.807) is 0 Å². The lowest BCUT2D eigenvalue weighted by Crippen LogP contribution is -2.60. The molecule has 0 amide bonds. The average molecular weight is 201 g/mol. The standard InChI is InChI=1S/C12H29N2/c1-11(2,3)13(7)10-14(8,9)12(4,5)6/h10H2,1-9H3/q+1. The summed E-state index contributed by atoms with van der Waals surface area (Å²) in [7, 11) is 6.79. The molecule has 14 heavy (non-hydrogen) atoms. The SMILES string of the molecule is CN(C[N+](C)(C)C(C)(C)C)C(C)(C)C. The van der Waals surface area contributed by atoms with Crippen molar-refractivity contribution in [1.29, 1.82) is 0 Å². The summed E-state index contributed by atoms with van der Waals surface area (Å²) in [5, 5.41) is 0. The second-order valence-corrected chi connectivity index (χ2v) is 6.87. The van der Waals surface area contributed by atoms with Crippen LogP contribution in [-0.4, -0.2) is 48.3 Å². The average Bonchev–Trinajstić information content (AvgIpc) is 1.80. The number of quaternary nitrogens is 1. The lowest BCUT2D eigenvalue weighted by Gasteiger charge is -2.47. The van der Waals surface area contributed by atoms with Gasteiger partial charge in [-0.2, -0.15) is 0 Å². The molecule has 0 heterocycles. The van der Waals surface area contributed by atoms with Crippen LogP contribution < -0.4 is 0 Å². The molecule has 0 unspecified atom stereocenters. The molecular formula is C12H29N2+. The van der Waals surface area contributed by atoms with E-state index in [1.807, 2.05) is 0 Å². The lowest BCUT2D eigenvalue weighted by atomic mass is 10.0. The maximum atomic E-state index is 2.41. The quantitative estimate of drug-likeness (QED) is 0.490. The summed E-state index contributed by atoms with van der Waals surface area (Å²) in [5.74, 6) is 0. The zero-order valence-electron chi connectivity index (χ0n) is 11.6. The van der Waals surface area contributed by atoms with Crippen LogP contribution in [0.3, 0.4) is 0 Å². The van der Waals surface area contributed by atoms with Crippen LogP contribution >= 0.6 is 0 Å². The van der Waals surface area contributed by atoms with Crippen molar-refractivity contribution in [2.45, 2.75) is 52.6 Å². The first-order chi connectivity index (χ1) is 5.88. The Bertz CT molecular complexity index is 181. The Hall–Kier alpha value is -0.0800. The zero-order valence-corrected chi connectivity index (χ0v) is 11.6. The first-order valence-electron chi connectivity index (χ1n) is 5.42. The Morgan fingerprint density at radius 2 is 1.29 bits per heavy atom. The summed E-state index contributed by atoms with van der Waals surface area (Å²) in [5.41, 5.74) is 0.542. The molecule has 0 fully saturated rings. The van der Waals surface area contributed by atoms with Gasteiger partial charge in [0.2, 0.25) is 0 Å². The predicted octanol–water partition coefficient (Wildman–Crippen LogP) is 2.55. The molecule has 0 aliphatic rings. The Kier molecular flexibility index (Phi) is 3.80. The third-order valence-corrected chi connectivity index (χ3v) is 3.53. The second kappa shape index (κ2) is 3.82. The van der Waals surface area contributed by atoms with Gasteiger partial charge in [-0.25, -0.2) is 0 Å². The van der Waals surface area contributed by atoms with E-state index < -0.39 is 0 Å². The topological polar surface area (TPSA) is 3.24 Å². The van der Waals surface area contributed by atoms with Gasteiger partial charge in [-0.3, -0.25) is 4.90 Å². The molecule has 0 saturated carbocycles. The third kappa shape index (κ3) is 3.58. The van der Waals surface area contributed by atoms with Gasteiger partial charge in [0.25, 0.3) is 0 Å². The molecule has 86 valence electrons. The molecule has 0 saturated heterocycles. The van der Waals surface area contributed by atoms with E-state index >= 15 is 0 Å². The number of hydrogen-bond donors (Lipinski definition) is 0. The van der Waals surface area contributed by atoms with Gasteiger partial charge in [0, 0.05) is 5.54 Å². The van der Waals surface area contributed by atoms with Crippen molar-refractivity contribution in [2.24, 2.45) is 0 Å². The van der Waals surface area contributed by atoms with Crippen LogP contribution in [0.1, 0.15) is 41.5 Å². The molecule has 0 N–H and O–H groups in total. The van der Waals surface area contributed by atoms with Gasteiger partial charge >= 0.3 is 0 Å². The van der Waals surface area contributed by atoms with E-state index in [2.05, 4.69) is 67.6 Å². The van der Waals surface area contributed by atoms with Crippen molar-refractivity contribution < 1.29 is 4.48 Å². The Morgan fingerprint density at radius 1 is 0.929 bits per heavy atom. The highest BCUT2D eigenvalue weighted by molar-refractivity contribution is 4.71. The lowest BCUT2D eigenvalue weighted by molar-refractivity contribution is -0.945. The highest BCUT2D eigenvalue weighted by Crippen LogP contribution is 2.22. The largest absolute Gasteiger partial charge is 0.312 e. The van der Waals surface area contributed by atoms with Crippen molar-refractivity contribution in [1.82, 2.24) is 4.90 Å². The van der Waals surface area contributed by atoms with E-state index in [9.17, 15) is 0 Å². The molecule has 0 rings (SSSR count). The van der Waals surface area contributed by atoms with E-state index in [0.29, 0.717) is 5.54 Å². The van der Waals surface area contributed by atoms with Crippen LogP contribution in [0.5, 0.6) is 0 Å². The predicted molar refractivity (Wildman–Crippen MR) is 64.2 cm³/mol. The van der Waals surface area contributed by atoms with Gasteiger partial charge in [0.15, 0.2) is 0 Å². The van der Waals surface area contributed by atoms with Crippen LogP contribution in [0.2, 0.25) is 0 Å².